The summed E-state index contributed by atoms with van der Waals surface area (Å²) < 4.78 is 0. The third-order valence-corrected chi connectivity index (χ3v) is 2.30. The van der Waals surface area contributed by atoms with E-state index in [2.05, 4.69) is 53.7 Å². The molecular formula is C11H13Br. The Bertz CT molecular complexity index is 276. The van der Waals surface area contributed by atoms with Crippen LogP contribution in [0.1, 0.15) is 18.1 Å². The normalized spacial score (nSPS) is 9.83. The number of rotatable bonds is 3. The molecule has 1 aromatic carbocycles. The molecule has 0 aliphatic rings. The highest BCUT2D eigenvalue weighted by molar-refractivity contribution is 9.08. The minimum atomic E-state index is 0.928. The zero-order chi connectivity index (χ0) is 8.97. The first kappa shape index (κ1) is 9.53. The summed E-state index contributed by atoms with van der Waals surface area (Å²) >= 11 is 3.44. The first-order chi connectivity index (χ1) is 5.72. The molecule has 0 aliphatic carbocycles. The maximum absolute atomic E-state index is 3.89. The Morgan fingerprint density at radius 3 is 2.67 bits per heavy atom. The highest BCUT2D eigenvalue weighted by Gasteiger charge is 1.94. The third-order valence-electron chi connectivity index (χ3n) is 1.65. The van der Waals surface area contributed by atoms with Gasteiger partial charge in [0.25, 0.3) is 0 Å². The van der Waals surface area contributed by atoms with E-state index in [1.807, 2.05) is 0 Å². The fraction of sp³-hybridized carbons (Fsp3) is 0.273. The van der Waals surface area contributed by atoms with Crippen molar-refractivity contribution in [1.29, 1.82) is 0 Å². The van der Waals surface area contributed by atoms with Gasteiger partial charge in [0, 0.05) is 5.33 Å². The van der Waals surface area contributed by atoms with Crippen LogP contribution in [0.5, 0.6) is 0 Å². The van der Waals surface area contributed by atoms with E-state index in [0.29, 0.717) is 0 Å². The predicted molar refractivity (Wildman–Crippen MR) is 57.6 cm³/mol. The van der Waals surface area contributed by atoms with E-state index < -0.39 is 0 Å². The maximum Gasteiger partial charge on any atom is 0.0283 e. The molecule has 0 saturated carbocycles. The van der Waals surface area contributed by atoms with Gasteiger partial charge in [0.2, 0.25) is 0 Å². The van der Waals surface area contributed by atoms with Gasteiger partial charge in [-0.2, -0.15) is 0 Å². The second-order valence-corrected chi connectivity index (χ2v) is 3.65. The Labute approximate surface area is 82.4 Å². The molecular weight excluding hydrogens is 212 g/mol. The molecule has 0 amide bonds. The van der Waals surface area contributed by atoms with E-state index in [4.69, 9.17) is 0 Å². The SMILES string of the molecule is C=C(C)Cc1cccc(CBr)c1. The number of alkyl halides is 1. The van der Waals surface area contributed by atoms with E-state index in [1.54, 1.807) is 0 Å². The fourth-order valence-electron chi connectivity index (χ4n) is 1.17. The molecule has 0 aliphatic heterocycles. The monoisotopic (exact) mass is 224 g/mol. The lowest BCUT2D eigenvalue weighted by molar-refractivity contribution is 1.14. The number of hydrogen-bond acceptors (Lipinski definition) is 0. The van der Waals surface area contributed by atoms with Crippen LogP contribution in [-0.4, -0.2) is 0 Å². The van der Waals surface area contributed by atoms with Crippen molar-refractivity contribution < 1.29 is 0 Å². The van der Waals surface area contributed by atoms with Crippen molar-refractivity contribution >= 4 is 15.9 Å². The van der Waals surface area contributed by atoms with Gasteiger partial charge in [-0.1, -0.05) is 52.3 Å². The van der Waals surface area contributed by atoms with Crippen molar-refractivity contribution in [1.82, 2.24) is 0 Å². The molecule has 0 N–H and O–H groups in total. The molecule has 0 bridgehead atoms. The Morgan fingerprint density at radius 2 is 2.08 bits per heavy atom. The Morgan fingerprint density at radius 1 is 1.42 bits per heavy atom. The van der Waals surface area contributed by atoms with E-state index >= 15 is 0 Å². The minimum Gasteiger partial charge on any atom is -0.0998 e. The van der Waals surface area contributed by atoms with Gasteiger partial charge in [0.15, 0.2) is 0 Å². The summed E-state index contributed by atoms with van der Waals surface area (Å²) in [6.07, 6.45) is 0.987. The summed E-state index contributed by atoms with van der Waals surface area (Å²) in [7, 11) is 0. The zero-order valence-corrected chi connectivity index (χ0v) is 8.89. The Balaban J connectivity index is 2.79. The van der Waals surface area contributed by atoms with Crippen LogP contribution in [0.25, 0.3) is 0 Å². The lowest BCUT2D eigenvalue weighted by atomic mass is 10.1. The molecule has 0 heterocycles. The highest BCUT2D eigenvalue weighted by Crippen LogP contribution is 2.11. The van der Waals surface area contributed by atoms with Crippen molar-refractivity contribution in [3.63, 3.8) is 0 Å². The van der Waals surface area contributed by atoms with Gasteiger partial charge in [-0.3, -0.25) is 0 Å². The van der Waals surface area contributed by atoms with Gasteiger partial charge in [-0.25, -0.2) is 0 Å². The standard InChI is InChI=1S/C11H13Br/c1-9(2)6-10-4-3-5-11(7-10)8-12/h3-5,7H,1,6,8H2,2H3. The van der Waals surface area contributed by atoms with Crippen LogP contribution in [0.4, 0.5) is 0 Å². The molecule has 12 heavy (non-hydrogen) atoms. The fourth-order valence-corrected chi connectivity index (χ4v) is 1.52. The summed E-state index contributed by atoms with van der Waals surface area (Å²) in [6, 6.07) is 8.57. The van der Waals surface area contributed by atoms with E-state index in [1.165, 1.54) is 16.7 Å². The highest BCUT2D eigenvalue weighted by atomic mass is 79.9. The third kappa shape index (κ3) is 2.82. The predicted octanol–water partition coefficient (Wildman–Crippen LogP) is 3.70. The van der Waals surface area contributed by atoms with Gasteiger partial charge in [-0.15, -0.1) is 0 Å². The number of halogens is 1. The van der Waals surface area contributed by atoms with Gasteiger partial charge < -0.3 is 0 Å². The van der Waals surface area contributed by atoms with Crippen molar-refractivity contribution in [3.05, 3.63) is 47.5 Å². The van der Waals surface area contributed by atoms with Gasteiger partial charge in [0.05, 0.1) is 0 Å². The van der Waals surface area contributed by atoms with Crippen molar-refractivity contribution in [2.45, 2.75) is 18.7 Å². The van der Waals surface area contributed by atoms with Gasteiger partial charge >= 0.3 is 0 Å². The largest absolute Gasteiger partial charge is 0.0998 e. The van der Waals surface area contributed by atoms with Crippen molar-refractivity contribution in [2.24, 2.45) is 0 Å². The second-order valence-electron chi connectivity index (χ2n) is 3.09. The van der Waals surface area contributed by atoms with Gasteiger partial charge in [-0.05, 0) is 24.5 Å². The maximum atomic E-state index is 3.89. The summed E-state index contributed by atoms with van der Waals surface area (Å²) in [6.45, 7) is 5.95. The van der Waals surface area contributed by atoms with Crippen LogP contribution in [0, 0.1) is 0 Å². The summed E-state index contributed by atoms with van der Waals surface area (Å²) in [4.78, 5) is 0. The quantitative estimate of drug-likeness (QED) is 0.543. The number of benzene rings is 1. The van der Waals surface area contributed by atoms with Crippen molar-refractivity contribution in [2.75, 3.05) is 0 Å². The van der Waals surface area contributed by atoms with E-state index in [0.717, 1.165) is 11.8 Å². The molecule has 0 radical (unpaired) electrons. The van der Waals surface area contributed by atoms with Crippen LogP contribution in [0.3, 0.4) is 0 Å². The summed E-state index contributed by atoms with van der Waals surface area (Å²) in [5.74, 6) is 0. The first-order valence-corrected chi connectivity index (χ1v) is 5.12. The van der Waals surface area contributed by atoms with Crippen LogP contribution in [-0.2, 0) is 11.8 Å². The molecule has 0 unspecified atom stereocenters. The summed E-state index contributed by atoms with van der Waals surface area (Å²) in [5.41, 5.74) is 3.88. The van der Waals surface area contributed by atoms with E-state index in [-0.39, 0.29) is 0 Å². The number of hydrogen-bond donors (Lipinski definition) is 0. The topological polar surface area (TPSA) is 0 Å². The van der Waals surface area contributed by atoms with Gasteiger partial charge in [0.1, 0.15) is 0 Å². The molecule has 64 valence electrons. The average molecular weight is 225 g/mol. The Kier molecular flexibility index (Phi) is 3.54. The molecule has 1 rings (SSSR count). The van der Waals surface area contributed by atoms with Crippen LogP contribution in [0.2, 0.25) is 0 Å². The molecule has 1 heteroatoms. The average Bonchev–Trinajstić information content (AvgIpc) is 2.03. The van der Waals surface area contributed by atoms with Crippen molar-refractivity contribution in [3.8, 4) is 0 Å². The van der Waals surface area contributed by atoms with Crippen LogP contribution in [0.15, 0.2) is 36.4 Å². The molecule has 0 nitrogen and oxygen atoms in total. The second kappa shape index (κ2) is 4.46. The molecule has 0 fully saturated rings. The molecule has 0 aromatic heterocycles. The van der Waals surface area contributed by atoms with Crippen LogP contribution >= 0.6 is 15.9 Å². The lowest BCUT2D eigenvalue weighted by Gasteiger charge is -2.01. The zero-order valence-electron chi connectivity index (χ0n) is 7.31. The lowest BCUT2D eigenvalue weighted by Crippen LogP contribution is -1.86. The molecule has 0 saturated heterocycles. The number of allylic oxidation sites excluding steroid dienone is 1. The molecule has 1 aromatic rings. The first-order valence-electron chi connectivity index (χ1n) is 4.00. The van der Waals surface area contributed by atoms with Crippen LogP contribution < -0.4 is 0 Å². The Hall–Kier alpha value is -0.560. The smallest absolute Gasteiger partial charge is 0.0283 e. The molecule has 0 atom stereocenters. The molecule has 0 spiro atoms. The minimum absolute atomic E-state index is 0.928. The van der Waals surface area contributed by atoms with E-state index in [9.17, 15) is 0 Å². The summed E-state index contributed by atoms with van der Waals surface area (Å²) in [5, 5.41) is 0.928.